The van der Waals surface area contributed by atoms with E-state index in [1.54, 1.807) is 23.1 Å². The summed E-state index contributed by atoms with van der Waals surface area (Å²) in [6, 6.07) is 9.83. The summed E-state index contributed by atoms with van der Waals surface area (Å²) in [7, 11) is 0. The van der Waals surface area contributed by atoms with E-state index in [1.165, 1.54) is 30.5 Å². The van der Waals surface area contributed by atoms with E-state index in [1.807, 2.05) is 0 Å². The van der Waals surface area contributed by atoms with E-state index < -0.39 is 5.82 Å². The first-order valence-corrected chi connectivity index (χ1v) is 10.8. The Labute approximate surface area is 191 Å². The zero-order valence-corrected chi connectivity index (χ0v) is 18.4. The molecule has 1 aliphatic rings. The minimum absolute atomic E-state index is 0.0389. The van der Waals surface area contributed by atoms with Crippen LogP contribution in [-0.4, -0.2) is 29.4 Å². The summed E-state index contributed by atoms with van der Waals surface area (Å²) in [5.74, 6) is -0.177. The largest absolute Gasteiger partial charge is 0.489 e. The topological polar surface area (TPSA) is 78.3 Å². The molecule has 4 rings (SSSR count). The molecule has 0 spiro atoms. The zero-order valence-electron chi connectivity index (χ0n) is 16.0. The predicted molar refractivity (Wildman–Crippen MR) is 122 cm³/mol. The Hall–Kier alpha value is -3.15. The number of aromatic nitrogens is 1. The lowest BCUT2D eigenvalue weighted by atomic mass is 10.1. The van der Waals surface area contributed by atoms with Crippen molar-refractivity contribution in [1.82, 2.24) is 4.98 Å². The molecule has 1 amide bonds. The van der Waals surface area contributed by atoms with Gasteiger partial charge in [-0.15, -0.1) is 0 Å². The predicted octanol–water partition coefficient (Wildman–Crippen LogP) is 5.32. The average molecular weight is 502 g/mol. The lowest BCUT2D eigenvalue weighted by molar-refractivity contribution is -0.114. The van der Waals surface area contributed by atoms with Crippen molar-refractivity contribution < 1.29 is 13.9 Å². The fourth-order valence-electron chi connectivity index (χ4n) is 3.30. The molecule has 3 aromatic rings. The lowest BCUT2D eigenvalue weighted by Gasteiger charge is -2.29. The zero-order chi connectivity index (χ0) is 22.0. The number of nitriles is 1. The average Bonchev–Trinajstić information content (AvgIpc) is 2.78. The molecule has 0 aliphatic carbocycles. The number of pyridine rings is 1. The molecule has 0 radical (unpaired) electrons. The molecule has 1 N–H and O–H groups in total. The molecule has 0 unspecified atom stereocenters. The third kappa shape index (κ3) is 4.20. The Kier molecular flexibility index (Phi) is 6.07. The van der Waals surface area contributed by atoms with Crippen LogP contribution in [0.25, 0.3) is 10.9 Å². The lowest BCUT2D eigenvalue weighted by Crippen LogP contribution is -2.36. The maximum Gasteiger partial charge on any atom is 0.250 e. The van der Waals surface area contributed by atoms with Crippen LogP contribution in [0.3, 0.4) is 0 Å². The van der Waals surface area contributed by atoms with E-state index in [-0.39, 0.29) is 10.9 Å². The SMILES string of the molecule is N#Cc1cnc2cc3c(cc2c1Nc1ccc(F)c(Cl)c1)N(C(=O)/C=C/CBr)CCO3. The number of alkyl halides is 1. The first-order chi connectivity index (χ1) is 15.0. The highest BCUT2D eigenvalue weighted by molar-refractivity contribution is 9.09. The number of ether oxygens (including phenoxy) is 1. The summed E-state index contributed by atoms with van der Waals surface area (Å²) in [5.41, 5.74) is 2.45. The highest BCUT2D eigenvalue weighted by atomic mass is 79.9. The summed E-state index contributed by atoms with van der Waals surface area (Å²) < 4.78 is 19.3. The van der Waals surface area contributed by atoms with Crippen molar-refractivity contribution in [3.05, 3.63) is 65.1 Å². The fourth-order valence-corrected chi connectivity index (χ4v) is 3.67. The van der Waals surface area contributed by atoms with Gasteiger partial charge in [-0.1, -0.05) is 33.6 Å². The van der Waals surface area contributed by atoms with Gasteiger partial charge in [-0.2, -0.15) is 5.26 Å². The molecule has 2 heterocycles. The van der Waals surface area contributed by atoms with Crippen LogP contribution in [0, 0.1) is 17.1 Å². The number of carbonyl (C=O) groups excluding carboxylic acids is 1. The van der Waals surface area contributed by atoms with Crippen LogP contribution in [0.1, 0.15) is 5.56 Å². The molecular weight excluding hydrogens is 487 g/mol. The van der Waals surface area contributed by atoms with E-state index in [4.69, 9.17) is 16.3 Å². The van der Waals surface area contributed by atoms with E-state index in [0.29, 0.717) is 57.8 Å². The number of nitrogens with zero attached hydrogens (tertiary/aromatic N) is 3. The summed E-state index contributed by atoms with van der Waals surface area (Å²) in [6.45, 7) is 0.757. The smallest absolute Gasteiger partial charge is 0.250 e. The van der Waals surface area contributed by atoms with Crippen LogP contribution in [0.2, 0.25) is 5.02 Å². The van der Waals surface area contributed by atoms with Crippen molar-refractivity contribution in [2.45, 2.75) is 0 Å². The number of rotatable bonds is 4. The van der Waals surface area contributed by atoms with E-state index in [2.05, 4.69) is 32.3 Å². The first kappa shape index (κ1) is 21.1. The molecule has 0 bridgehead atoms. The number of benzene rings is 2. The number of amides is 1. The minimum atomic E-state index is -0.538. The Morgan fingerprint density at radius 1 is 1.42 bits per heavy atom. The molecule has 9 heteroatoms. The number of fused-ring (bicyclic) bond motifs is 2. The Morgan fingerprint density at radius 2 is 2.26 bits per heavy atom. The van der Waals surface area contributed by atoms with Crippen molar-refractivity contribution in [3.8, 4) is 11.8 Å². The third-order valence-electron chi connectivity index (χ3n) is 4.74. The van der Waals surface area contributed by atoms with Gasteiger partial charge >= 0.3 is 0 Å². The number of nitrogens with one attached hydrogen (secondary N) is 1. The van der Waals surface area contributed by atoms with Crippen molar-refractivity contribution in [3.63, 3.8) is 0 Å². The second-order valence-corrected chi connectivity index (χ2v) is 7.70. The number of halogens is 3. The standard InChI is InChI=1S/C22H15BrClFN4O2/c23-5-1-2-21(30)29-6-7-31-20-10-18-15(9-19(20)29)22(13(11-26)12-27-18)28-14-3-4-17(25)16(24)8-14/h1-4,8-10,12H,5-7H2,(H,27,28)/b2-1+. The van der Waals surface area contributed by atoms with Gasteiger partial charge in [0.2, 0.25) is 0 Å². The number of anilines is 3. The summed E-state index contributed by atoms with van der Waals surface area (Å²) in [4.78, 5) is 18.6. The first-order valence-electron chi connectivity index (χ1n) is 9.27. The second kappa shape index (κ2) is 8.92. The summed E-state index contributed by atoms with van der Waals surface area (Å²) in [5, 5.41) is 13.9. The number of carbonyl (C=O) groups is 1. The molecule has 2 aromatic carbocycles. The molecule has 31 heavy (non-hydrogen) atoms. The molecule has 156 valence electrons. The van der Waals surface area contributed by atoms with E-state index >= 15 is 0 Å². The summed E-state index contributed by atoms with van der Waals surface area (Å²) in [6.07, 6.45) is 4.67. The van der Waals surface area contributed by atoms with Gasteiger partial charge in [-0.05, 0) is 24.3 Å². The van der Waals surface area contributed by atoms with Gasteiger partial charge in [0.15, 0.2) is 0 Å². The van der Waals surface area contributed by atoms with Crippen LogP contribution < -0.4 is 15.0 Å². The number of allylic oxidation sites excluding steroid dienone is 1. The Morgan fingerprint density at radius 3 is 3.00 bits per heavy atom. The van der Waals surface area contributed by atoms with Crippen molar-refractivity contribution >= 4 is 61.4 Å². The van der Waals surface area contributed by atoms with Gasteiger partial charge in [0.1, 0.15) is 24.2 Å². The van der Waals surface area contributed by atoms with Crippen LogP contribution in [0.15, 0.2) is 48.7 Å². The molecule has 6 nitrogen and oxygen atoms in total. The van der Waals surface area contributed by atoms with Crippen molar-refractivity contribution in [2.75, 3.05) is 28.7 Å². The van der Waals surface area contributed by atoms with Crippen LogP contribution >= 0.6 is 27.5 Å². The molecule has 0 saturated carbocycles. The van der Waals surface area contributed by atoms with Gasteiger partial charge in [0.05, 0.1) is 34.0 Å². The quantitative estimate of drug-likeness (QED) is 0.387. The molecular formula is C22H15BrClFN4O2. The van der Waals surface area contributed by atoms with Gasteiger partial charge in [0, 0.05) is 34.7 Å². The maximum absolute atomic E-state index is 13.5. The van der Waals surface area contributed by atoms with E-state index in [0.717, 1.165) is 0 Å². The monoisotopic (exact) mass is 500 g/mol. The molecule has 0 saturated heterocycles. The Balaban J connectivity index is 1.85. The van der Waals surface area contributed by atoms with Gasteiger partial charge in [0.25, 0.3) is 5.91 Å². The maximum atomic E-state index is 13.5. The van der Waals surface area contributed by atoms with Gasteiger partial charge < -0.3 is 15.0 Å². The van der Waals surface area contributed by atoms with Crippen LogP contribution in [0.4, 0.5) is 21.5 Å². The van der Waals surface area contributed by atoms with Crippen molar-refractivity contribution in [2.24, 2.45) is 0 Å². The minimum Gasteiger partial charge on any atom is -0.489 e. The Bertz CT molecular complexity index is 1260. The molecule has 1 aromatic heterocycles. The molecule has 1 aliphatic heterocycles. The van der Waals surface area contributed by atoms with Gasteiger partial charge in [-0.3, -0.25) is 9.78 Å². The number of hydrogen-bond donors (Lipinski definition) is 1. The third-order valence-corrected chi connectivity index (χ3v) is 5.40. The highest BCUT2D eigenvalue weighted by Gasteiger charge is 2.24. The molecule has 0 atom stereocenters. The van der Waals surface area contributed by atoms with Gasteiger partial charge in [-0.25, -0.2) is 4.39 Å². The van der Waals surface area contributed by atoms with Crippen LogP contribution in [-0.2, 0) is 4.79 Å². The normalized spacial score (nSPS) is 13.0. The fraction of sp³-hybridized carbons (Fsp3) is 0.136. The van der Waals surface area contributed by atoms with Crippen LogP contribution in [0.5, 0.6) is 5.75 Å². The van der Waals surface area contributed by atoms with E-state index in [9.17, 15) is 14.4 Å². The summed E-state index contributed by atoms with van der Waals surface area (Å²) >= 11 is 9.17. The highest BCUT2D eigenvalue weighted by Crippen LogP contribution is 2.39. The molecule has 0 fully saturated rings. The van der Waals surface area contributed by atoms with Crippen molar-refractivity contribution in [1.29, 1.82) is 5.26 Å². The second-order valence-electron chi connectivity index (χ2n) is 6.64. The number of hydrogen-bond acceptors (Lipinski definition) is 5.